The Bertz CT molecular complexity index is 807. The lowest BCUT2D eigenvalue weighted by Crippen LogP contribution is -2.53. The minimum absolute atomic E-state index is 0.110. The minimum atomic E-state index is -0.276. The molecule has 1 unspecified atom stereocenters. The molecule has 4 aliphatic rings. The molecule has 168 valence electrons. The van der Waals surface area contributed by atoms with Crippen molar-refractivity contribution in [2.45, 2.75) is 62.9 Å². The number of carbonyl (C=O) groups is 2. The normalized spacial score (nSPS) is 25.5. The van der Waals surface area contributed by atoms with Crippen LogP contribution in [0.4, 0.5) is 0 Å². The van der Waals surface area contributed by atoms with Crippen LogP contribution >= 0.6 is 0 Å². The van der Waals surface area contributed by atoms with Gasteiger partial charge in [0.1, 0.15) is 11.4 Å². The number of hydrogen-bond donors (Lipinski definition) is 1. The predicted octanol–water partition coefficient (Wildman–Crippen LogP) is 3.26. The Hall–Kier alpha value is -2.08. The van der Waals surface area contributed by atoms with Crippen molar-refractivity contribution in [2.24, 2.45) is 11.8 Å². The highest BCUT2D eigenvalue weighted by Gasteiger charge is 2.45. The molecule has 6 heteroatoms. The maximum absolute atomic E-state index is 12.9. The number of hydrogen-bond acceptors (Lipinski definition) is 4. The van der Waals surface area contributed by atoms with Gasteiger partial charge in [0.05, 0.1) is 0 Å². The first-order valence-electron chi connectivity index (χ1n) is 12.0. The van der Waals surface area contributed by atoms with Crippen molar-refractivity contribution in [1.29, 1.82) is 0 Å². The first-order valence-corrected chi connectivity index (χ1v) is 12.0. The third-order valence-electron chi connectivity index (χ3n) is 7.58. The summed E-state index contributed by atoms with van der Waals surface area (Å²) in [4.78, 5) is 27.6. The van der Waals surface area contributed by atoms with Crippen molar-refractivity contribution < 1.29 is 19.1 Å². The second-order valence-electron chi connectivity index (χ2n) is 9.89. The van der Waals surface area contributed by atoms with Crippen molar-refractivity contribution >= 4 is 11.8 Å². The van der Waals surface area contributed by atoms with Crippen LogP contribution < -0.4 is 10.1 Å². The molecule has 2 amide bonds. The average Bonchev–Trinajstić information content (AvgIpc) is 3.63. The Morgan fingerprint density at radius 1 is 1.06 bits per heavy atom. The number of ether oxygens (including phenoxy) is 2. The second kappa shape index (κ2) is 8.81. The van der Waals surface area contributed by atoms with Crippen molar-refractivity contribution in [2.75, 3.05) is 32.8 Å². The first-order chi connectivity index (χ1) is 15.1. The van der Waals surface area contributed by atoms with E-state index >= 15 is 0 Å². The molecule has 2 saturated heterocycles. The number of rotatable bonds is 5. The third kappa shape index (κ3) is 4.74. The SMILES string of the molecule is O=C(CC1CC2(CCN(C(=O)C3CCOCC3)CC2)Oc2ccccc21)NCC1CC1. The van der Waals surface area contributed by atoms with E-state index in [9.17, 15) is 9.59 Å². The number of fused-ring (bicyclic) bond motifs is 1. The molecule has 5 rings (SSSR count). The van der Waals surface area contributed by atoms with E-state index in [1.54, 1.807) is 0 Å². The van der Waals surface area contributed by atoms with Crippen LogP contribution in [0.25, 0.3) is 0 Å². The molecule has 1 aliphatic carbocycles. The number of amides is 2. The van der Waals surface area contributed by atoms with E-state index in [-0.39, 0.29) is 29.3 Å². The summed E-state index contributed by atoms with van der Waals surface area (Å²) < 4.78 is 12.0. The Morgan fingerprint density at radius 3 is 2.55 bits per heavy atom. The largest absolute Gasteiger partial charge is 0.487 e. The number of nitrogens with one attached hydrogen (secondary N) is 1. The summed E-state index contributed by atoms with van der Waals surface area (Å²) in [6, 6.07) is 8.17. The molecule has 3 fully saturated rings. The molecule has 31 heavy (non-hydrogen) atoms. The van der Waals surface area contributed by atoms with E-state index in [1.807, 2.05) is 23.1 Å². The van der Waals surface area contributed by atoms with Gasteiger partial charge in [-0.25, -0.2) is 0 Å². The van der Waals surface area contributed by atoms with Gasteiger partial charge < -0.3 is 19.7 Å². The fourth-order valence-corrected chi connectivity index (χ4v) is 5.45. The van der Waals surface area contributed by atoms with Gasteiger partial charge >= 0.3 is 0 Å². The summed E-state index contributed by atoms with van der Waals surface area (Å²) in [5, 5.41) is 3.13. The lowest BCUT2D eigenvalue weighted by atomic mass is 9.76. The van der Waals surface area contributed by atoms with Gasteiger partial charge in [-0.1, -0.05) is 18.2 Å². The van der Waals surface area contributed by atoms with Crippen LogP contribution in [0, 0.1) is 11.8 Å². The highest BCUT2D eigenvalue weighted by atomic mass is 16.5. The summed E-state index contributed by atoms with van der Waals surface area (Å²) in [6.45, 7) is 3.67. The molecule has 1 aromatic rings. The molecule has 1 saturated carbocycles. The lowest BCUT2D eigenvalue weighted by molar-refractivity contribution is -0.142. The van der Waals surface area contributed by atoms with Gasteiger partial charge in [-0.3, -0.25) is 9.59 Å². The first kappa shape index (κ1) is 20.8. The van der Waals surface area contributed by atoms with Gasteiger partial charge in [0, 0.05) is 63.9 Å². The molecule has 0 bridgehead atoms. The summed E-state index contributed by atoms with van der Waals surface area (Å²) in [7, 11) is 0. The maximum atomic E-state index is 12.9. The topological polar surface area (TPSA) is 67.9 Å². The van der Waals surface area contributed by atoms with Crippen LogP contribution in [0.1, 0.15) is 62.8 Å². The van der Waals surface area contributed by atoms with E-state index in [4.69, 9.17) is 9.47 Å². The molecule has 1 atom stereocenters. The van der Waals surface area contributed by atoms with Crippen LogP contribution in [0.5, 0.6) is 5.75 Å². The molecule has 3 aliphatic heterocycles. The predicted molar refractivity (Wildman–Crippen MR) is 117 cm³/mol. The third-order valence-corrected chi connectivity index (χ3v) is 7.58. The Kier molecular flexibility index (Phi) is 5.91. The lowest BCUT2D eigenvalue weighted by Gasteiger charge is -2.47. The quantitative estimate of drug-likeness (QED) is 0.785. The number of likely N-dealkylation sites (tertiary alicyclic amines) is 1. The van der Waals surface area contributed by atoms with Crippen LogP contribution in [0.15, 0.2) is 24.3 Å². The number of para-hydroxylation sites is 1. The van der Waals surface area contributed by atoms with Gasteiger partial charge in [0.15, 0.2) is 0 Å². The molecular weight excluding hydrogens is 392 g/mol. The molecule has 1 aromatic carbocycles. The Balaban J connectivity index is 1.24. The maximum Gasteiger partial charge on any atom is 0.225 e. The van der Waals surface area contributed by atoms with E-state index in [0.29, 0.717) is 25.6 Å². The fourth-order valence-electron chi connectivity index (χ4n) is 5.45. The highest BCUT2D eigenvalue weighted by Crippen LogP contribution is 2.46. The zero-order valence-corrected chi connectivity index (χ0v) is 18.3. The van der Waals surface area contributed by atoms with E-state index in [2.05, 4.69) is 11.4 Å². The standard InChI is InChI=1S/C25H34N2O4/c28-23(26-17-18-5-6-18)15-20-16-25(31-22-4-2-1-3-21(20)22)9-11-27(12-10-25)24(29)19-7-13-30-14-8-19/h1-4,18-20H,5-17H2,(H,26,28). The summed E-state index contributed by atoms with van der Waals surface area (Å²) in [6.07, 6.45) is 7.18. The number of benzene rings is 1. The van der Waals surface area contributed by atoms with Gasteiger partial charge in [-0.15, -0.1) is 0 Å². The van der Waals surface area contributed by atoms with Crippen molar-refractivity contribution in [3.63, 3.8) is 0 Å². The van der Waals surface area contributed by atoms with Gasteiger partial charge in [0.25, 0.3) is 0 Å². The van der Waals surface area contributed by atoms with E-state index < -0.39 is 0 Å². The zero-order valence-electron chi connectivity index (χ0n) is 18.3. The molecule has 6 nitrogen and oxygen atoms in total. The Labute approximate surface area is 184 Å². The second-order valence-corrected chi connectivity index (χ2v) is 9.89. The van der Waals surface area contributed by atoms with Crippen LogP contribution in [-0.2, 0) is 14.3 Å². The summed E-state index contributed by atoms with van der Waals surface area (Å²) >= 11 is 0. The fraction of sp³-hybridized carbons (Fsp3) is 0.680. The van der Waals surface area contributed by atoms with Gasteiger partial charge in [0.2, 0.25) is 11.8 Å². The number of piperidine rings is 1. The summed E-state index contributed by atoms with van der Waals surface area (Å²) in [5.41, 5.74) is 0.873. The smallest absolute Gasteiger partial charge is 0.225 e. The highest BCUT2D eigenvalue weighted by molar-refractivity contribution is 5.79. The van der Waals surface area contributed by atoms with Crippen LogP contribution in [-0.4, -0.2) is 55.2 Å². The molecule has 0 radical (unpaired) electrons. The van der Waals surface area contributed by atoms with Crippen LogP contribution in [0.3, 0.4) is 0 Å². The van der Waals surface area contributed by atoms with Gasteiger partial charge in [-0.2, -0.15) is 0 Å². The average molecular weight is 427 g/mol. The molecule has 1 N–H and O–H groups in total. The number of carbonyl (C=O) groups excluding carboxylic acids is 2. The Morgan fingerprint density at radius 2 is 1.81 bits per heavy atom. The summed E-state index contributed by atoms with van der Waals surface area (Å²) in [5.74, 6) is 2.31. The van der Waals surface area contributed by atoms with Gasteiger partial charge in [-0.05, 0) is 49.7 Å². The van der Waals surface area contributed by atoms with Crippen molar-refractivity contribution in [3.05, 3.63) is 29.8 Å². The van der Waals surface area contributed by atoms with E-state index in [0.717, 1.165) is 63.1 Å². The molecular formula is C25H34N2O4. The number of nitrogens with zero attached hydrogens (tertiary/aromatic N) is 1. The zero-order chi connectivity index (χ0) is 21.3. The van der Waals surface area contributed by atoms with Crippen molar-refractivity contribution in [1.82, 2.24) is 10.2 Å². The monoisotopic (exact) mass is 426 g/mol. The molecule has 0 aromatic heterocycles. The van der Waals surface area contributed by atoms with Crippen molar-refractivity contribution in [3.8, 4) is 5.75 Å². The van der Waals surface area contributed by atoms with Crippen LogP contribution in [0.2, 0.25) is 0 Å². The molecule has 1 spiro atoms. The minimum Gasteiger partial charge on any atom is -0.487 e. The van der Waals surface area contributed by atoms with E-state index in [1.165, 1.54) is 12.8 Å². The molecule has 3 heterocycles.